The van der Waals surface area contributed by atoms with Crippen molar-refractivity contribution in [3.63, 3.8) is 0 Å². The molecule has 0 aliphatic carbocycles. The van der Waals surface area contributed by atoms with E-state index in [0.29, 0.717) is 37.7 Å². The largest absolute Gasteiger partial charge is 0.393 e. The SMILES string of the molecule is NC(=O)C1COCCN1CCC(N)=S. The third-order valence-electron chi connectivity index (χ3n) is 2.21. The average molecular weight is 217 g/mol. The lowest BCUT2D eigenvalue weighted by molar-refractivity contribution is -0.129. The van der Waals surface area contributed by atoms with E-state index < -0.39 is 0 Å². The van der Waals surface area contributed by atoms with E-state index >= 15 is 0 Å². The average Bonchev–Trinajstić information content (AvgIpc) is 2.15. The second-order valence-corrected chi connectivity index (χ2v) is 3.77. The van der Waals surface area contributed by atoms with E-state index in [1.165, 1.54) is 0 Å². The van der Waals surface area contributed by atoms with Crippen molar-refractivity contribution in [2.45, 2.75) is 12.5 Å². The van der Waals surface area contributed by atoms with Gasteiger partial charge in [-0.1, -0.05) is 12.2 Å². The fraction of sp³-hybridized carbons (Fsp3) is 0.750. The summed E-state index contributed by atoms with van der Waals surface area (Å²) in [5.41, 5.74) is 10.6. The Morgan fingerprint density at radius 3 is 2.86 bits per heavy atom. The Labute approximate surface area is 88.4 Å². The molecule has 1 unspecified atom stereocenters. The van der Waals surface area contributed by atoms with Crippen LogP contribution in [-0.4, -0.2) is 48.1 Å². The van der Waals surface area contributed by atoms with Crippen LogP contribution in [0.5, 0.6) is 0 Å². The van der Waals surface area contributed by atoms with Gasteiger partial charge in [-0.25, -0.2) is 0 Å². The number of amides is 1. The summed E-state index contributed by atoms with van der Waals surface area (Å²) in [7, 11) is 0. The van der Waals surface area contributed by atoms with Gasteiger partial charge >= 0.3 is 0 Å². The number of hydrogen-bond acceptors (Lipinski definition) is 4. The summed E-state index contributed by atoms with van der Waals surface area (Å²) in [4.78, 5) is 13.5. The standard InChI is InChI=1S/C8H15N3O2S/c9-7(14)1-2-11-3-4-13-5-6(11)8(10)12/h6H,1-5H2,(H2,9,14)(H2,10,12). The third kappa shape index (κ3) is 3.21. The van der Waals surface area contributed by atoms with Crippen molar-refractivity contribution in [3.8, 4) is 0 Å². The van der Waals surface area contributed by atoms with Crippen LogP contribution >= 0.6 is 12.2 Å². The Kier molecular flexibility index (Phi) is 4.24. The first-order valence-corrected chi connectivity index (χ1v) is 4.91. The zero-order chi connectivity index (χ0) is 10.6. The molecule has 0 bridgehead atoms. The molecule has 0 spiro atoms. The molecule has 14 heavy (non-hydrogen) atoms. The fourth-order valence-electron chi connectivity index (χ4n) is 1.42. The van der Waals surface area contributed by atoms with Gasteiger partial charge in [0.05, 0.1) is 18.2 Å². The lowest BCUT2D eigenvalue weighted by atomic mass is 10.2. The van der Waals surface area contributed by atoms with Crippen molar-refractivity contribution < 1.29 is 9.53 Å². The summed E-state index contributed by atoms with van der Waals surface area (Å²) in [6, 6.07) is -0.335. The van der Waals surface area contributed by atoms with Crippen LogP contribution in [0.4, 0.5) is 0 Å². The number of ether oxygens (including phenoxy) is 1. The van der Waals surface area contributed by atoms with Crippen LogP contribution in [0.2, 0.25) is 0 Å². The van der Waals surface area contributed by atoms with Gasteiger partial charge in [0.2, 0.25) is 5.91 Å². The Morgan fingerprint density at radius 1 is 1.57 bits per heavy atom. The van der Waals surface area contributed by atoms with Gasteiger partial charge in [0, 0.05) is 19.5 Å². The second-order valence-electron chi connectivity index (χ2n) is 3.25. The summed E-state index contributed by atoms with van der Waals surface area (Å²) in [6.45, 7) is 2.37. The highest BCUT2D eigenvalue weighted by atomic mass is 32.1. The Hall–Kier alpha value is -0.720. The minimum Gasteiger partial charge on any atom is -0.393 e. The number of thiocarbonyl (C=S) groups is 1. The highest BCUT2D eigenvalue weighted by Crippen LogP contribution is 2.06. The van der Waals surface area contributed by atoms with E-state index in [1.54, 1.807) is 0 Å². The van der Waals surface area contributed by atoms with Crippen LogP contribution in [-0.2, 0) is 9.53 Å². The van der Waals surface area contributed by atoms with Crippen molar-refractivity contribution in [1.82, 2.24) is 4.90 Å². The molecule has 1 saturated heterocycles. The van der Waals surface area contributed by atoms with E-state index in [-0.39, 0.29) is 11.9 Å². The molecular weight excluding hydrogens is 202 g/mol. The van der Waals surface area contributed by atoms with Gasteiger partial charge in [-0.05, 0) is 0 Å². The minimum atomic E-state index is -0.354. The fourth-order valence-corrected chi connectivity index (χ4v) is 1.51. The molecule has 1 amide bonds. The maximum atomic E-state index is 11.0. The molecule has 1 aliphatic rings. The first-order chi connectivity index (χ1) is 6.61. The van der Waals surface area contributed by atoms with Gasteiger partial charge in [-0.15, -0.1) is 0 Å². The highest BCUT2D eigenvalue weighted by molar-refractivity contribution is 7.80. The van der Waals surface area contributed by atoms with E-state index in [1.807, 2.05) is 4.90 Å². The van der Waals surface area contributed by atoms with Crippen LogP contribution in [0.3, 0.4) is 0 Å². The van der Waals surface area contributed by atoms with Crippen molar-refractivity contribution in [2.24, 2.45) is 11.5 Å². The number of morpholine rings is 1. The van der Waals surface area contributed by atoms with Crippen molar-refractivity contribution >= 4 is 23.1 Å². The van der Waals surface area contributed by atoms with Gasteiger partial charge in [-0.2, -0.15) is 0 Å². The third-order valence-corrected chi connectivity index (χ3v) is 2.42. The van der Waals surface area contributed by atoms with Gasteiger partial charge in [0.1, 0.15) is 6.04 Å². The predicted molar refractivity (Wildman–Crippen MR) is 56.8 cm³/mol. The number of carbonyl (C=O) groups is 1. The van der Waals surface area contributed by atoms with Crippen LogP contribution < -0.4 is 11.5 Å². The topological polar surface area (TPSA) is 81.6 Å². The molecule has 0 saturated carbocycles. The van der Waals surface area contributed by atoms with Crippen LogP contribution in [0.25, 0.3) is 0 Å². The van der Waals surface area contributed by atoms with E-state index in [9.17, 15) is 4.79 Å². The lowest BCUT2D eigenvalue weighted by Gasteiger charge is -2.33. The van der Waals surface area contributed by atoms with Gasteiger partial charge < -0.3 is 16.2 Å². The molecule has 0 radical (unpaired) electrons. The molecule has 0 aromatic carbocycles. The lowest BCUT2D eigenvalue weighted by Crippen LogP contribution is -2.52. The van der Waals surface area contributed by atoms with Gasteiger partial charge in [0.15, 0.2) is 0 Å². The normalized spacial score (nSPS) is 23.3. The van der Waals surface area contributed by atoms with Crippen molar-refractivity contribution in [3.05, 3.63) is 0 Å². The van der Waals surface area contributed by atoms with Crippen LogP contribution in [0.1, 0.15) is 6.42 Å². The maximum Gasteiger partial charge on any atom is 0.237 e. The Bertz CT molecular complexity index is 235. The summed E-state index contributed by atoms with van der Waals surface area (Å²) >= 11 is 4.77. The number of carbonyl (C=O) groups excluding carboxylic acids is 1. The molecule has 80 valence electrons. The maximum absolute atomic E-state index is 11.0. The summed E-state index contributed by atoms with van der Waals surface area (Å²) in [5, 5.41) is 0. The zero-order valence-corrected chi connectivity index (χ0v) is 8.76. The number of rotatable bonds is 4. The van der Waals surface area contributed by atoms with Crippen LogP contribution in [0, 0.1) is 0 Å². The predicted octanol–water partition coefficient (Wildman–Crippen LogP) is -1.15. The van der Waals surface area contributed by atoms with Crippen molar-refractivity contribution in [1.29, 1.82) is 0 Å². The number of primary amides is 1. The molecule has 1 aliphatic heterocycles. The molecule has 1 rings (SSSR count). The zero-order valence-electron chi connectivity index (χ0n) is 7.94. The second kappa shape index (κ2) is 5.23. The molecule has 0 aromatic heterocycles. The number of nitrogens with two attached hydrogens (primary N) is 2. The monoisotopic (exact) mass is 217 g/mol. The quantitative estimate of drug-likeness (QED) is 0.581. The molecule has 1 fully saturated rings. The molecule has 0 aromatic rings. The first-order valence-electron chi connectivity index (χ1n) is 4.50. The minimum absolute atomic E-state index is 0.335. The molecular formula is C8H15N3O2S. The summed E-state index contributed by atoms with van der Waals surface area (Å²) < 4.78 is 5.17. The summed E-state index contributed by atoms with van der Waals surface area (Å²) in [5.74, 6) is -0.354. The molecule has 1 heterocycles. The highest BCUT2D eigenvalue weighted by Gasteiger charge is 2.26. The molecule has 4 N–H and O–H groups in total. The smallest absolute Gasteiger partial charge is 0.237 e. The molecule has 6 heteroatoms. The Balaban J connectivity index is 2.45. The first kappa shape index (κ1) is 11.4. The van der Waals surface area contributed by atoms with E-state index in [0.717, 1.165) is 0 Å². The van der Waals surface area contributed by atoms with E-state index in [2.05, 4.69) is 0 Å². The van der Waals surface area contributed by atoms with Crippen LogP contribution in [0.15, 0.2) is 0 Å². The van der Waals surface area contributed by atoms with Gasteiger partial charge in [0.25, 0.3) is 0 Å². The van der Waals surface area contributed by atoms with Crippen molar-refractivity contribution in [2.75, 3.05) is 26.3 Å². The van der Waals surface area contributed by atoms with Gasteiger partial charge in [-0.3, -0.25) is 9.69 Å². The molecule has 5 nitrogen and oxygen atoms in total. The summed E-state index contributed by atoms with van der Waals surface area (Å²) in [6.07, 6.45) is 0.610. The number of hydrogen-bond donors (Lipinski definition) is 2. The molecule has 1 atom stereocenters. The number of nitrogens with zero attached hydrogens (tertiary/aromatic N) is 1. The Morgan fingerprint density at radius 2 is 2.29 bits per heavy atom. The van der Waals surface area contributed by atoms with E-state index in [4.69, 9.17) is 28.4 Å².